The molecule has 0 radical (unpaired) electrons. The Morgan fingerprint density at radius 2 is 1.89 bits per heavy atom. The van der Waals surface area contributed by atoms with E-state index in [1.165, 1.54) is 5.56 Å². The fourth-order valence-corrected chi connectivity index (χ4v) is 3.18. The fraction of sp³-hybridized carbons (Fsp3) is 0.136. The molecule has 2 aromatic heterocycles. The van der Waals surface area contributed by atoms with Crippen LogP contribution in [0.5, 0.6) is 11.5 Å². The maximum Gasteiger partial charge on any atom is 0.161 e. The summed E-state index contributed by atoms with van der Waals surface area (Å²) in [6.45, 7) is 2.73. The molecule has 5 nitrogen and oxygen atoms in total. The highest BCUT2D eigenvalue weighted by Gasteiger charge is 2.16. The van der Waals surface area contributed by atoms with Gasteiger partial charge in [-0.1, -0.05) is 36.4 Å². The summed E-state index contributed by atoms with van der Waals surface area (Å²) in [5.41, 5.74) is 4.88. The minimum Gasteiger partial charge on any atom is -0.504 e. The number of nitrogens with zero attached hydrogens (tertiary/aromatic N) is 2. The molecular formula is C22H21N3O2. The largest absolute Gasteiger partial charge is 0.504 e. The van der Waals surface area contributed by atoms with Crippen LogP contribution in [0.15, 0.2) is 66.9 Å². The van der Waals surface area contributed by atoms with Crippen molar-refractivity contribution >= 4 is 11.5 Å². The van der Waals surface area contributed by atoms with Crippen LogP contribution in [0.2, 0.25) is 0 Å². The predicted molar refractivity (Wildman–Crippen MR) is 107 cm³/mol. The van der Waals surface area contributed by atoms with Gasteiger partial charge in [-0.2, -0.15) is 0 Å². The van der Waals surface area contributed by atoms with Gasteiger partial charge in [0.25, 0.3) is 0 Å². The smallest absolute Gasteiger partial charge is 0.161 e. The minimum absolute atomic E-state index is 0.111. The molecule has 0 spiro atoms. The molecule has 2 heterocycles. The molecule has 4 rings (SSSR count). The molecule has 0 amide bonds. The molecule has 0 atom stereocenters. The molecule has 0 aliphatic heterocycles. The number of ether oxygens (including phenoxy) is 1. The zero-order valence-corrected chi connectivity index (χ0v) is 15.3. The number of imidazole rings is 1. The first-order chi connectivity index (χ1) is 13.2. The van der Waals surface area contributed by atoms with Crippen LogP contribution < -0.4 is 10.1 Å². The summed E-state index contributed by atoms with van der Waals surface area (Å²) in [6.07, 6.45) is 2.00. The SMILES string of the molecule is COc1cc(-c2nc3c(C)cccn3c2NCc2ccccc2)ccc1O. The Labute approximate surface area is 157 Å². The Balaban J connectivity index is 1.83. The van der Waals surface area contributed by atoms with Crippen LogP contribution >= 0.6 is 0 Å². The Kier molecular flexibility index (Phi) is 4.42. The molecule has 2 aromatic carbocycles. The second-order valence-electron chi connectivity index (χ2n) is 6.42. The van der Waals surface area contributed by atoms with E-state index in [9.17, 15) is 5.11 Å². The molecule has 0 saturated heterocycles. The van der Waals surface area contributed by atoms with Gasteiger partial charge in [-0.05, 0) is 42.3 Å². The summed E-state index contributed by atoms with van der Waals surface area (Å²) in [5, 5.41) is 13.4. The monoisotopic (exact) mass is 359 g/mol. The van der Waals surface area contributed by atoms with Gasteiger partial charge < -0.3 is 15.2 Å². The van der Waals surface area contributed by atoms with Gasteiger partial charge in [0.1, 0.15) is 17.2 Å². The molecule has 4 aromatic rings. The molecule has 136 valence electrons. The lowest BCUT2D eigenvalue weighted by atomic mass is 10.1. The van der Waals surface area contributed by atoms with E-state index in [4.69, 9.17) is 9.72 Å². The van der Waals surface area contributed by atoms with Gasteiger partial charge in [-0.3, -0.25) is 4.40 Å². The Hall–Kier alpha value is -3.47. The van der Waals surface area contributed by atoms with Crippen LogP contribution in [0.4, 0.5) is 5.82 Å². The van der Waals surface area contributed by atoms with Gasteiger partial charge in [-0.15, -0.1) is 0 Å². The van der Waals surface area contributed by atoms with Gasteiger partial charge in [-0.25, -0.2) is 4.98 Å². The van der Waals surface area contributed by atoms with E-state index in [0.717, 1.165) is 28.3 Å². The molecule has 0 aliphatic rings. The number of aromatic nitrogens is 2. The van der Waals surface area contributed by atoms with Crippen molar-refractivity contribution < 1.29 is 9.84 Å². The third-order valence-electron chi connectivity index (χ3n) is 4.60. The number of anilines is 1. The van der Waals surface area contributed by atoms with E-state index >= 15 is 0 Å². The molecule has 2 N–H and O–H groups in total. The van der Waals surface area contributed by atoms with E-state index in [0.29, 0.717) is 12.3 Å². The third-order valence-corrected chi connectivity index (χ3v) is 4.60. The van der Waals surface area contributed by atoms with E-state index in [1.54, 1.807) is 19.2 Å². The predicted octanol–water partition coefficient (Wildman–Crippen LogP) is 4.64. The molecule has 0 unspecified atom stereocenters. The number of rotatable bonds is 5. The highest BCUT2D eigenvalue weighted by Crippen LogP contribution is 2.35. The summed E-state index contributed by atoms with van der Waals surface area (Å²) in [6, 6.07) is 19.6. The second kappa shape index (κ2) is 7.03. The average molecular weight is 359 g/mol. The Morgan fingerprint density at radius 1 is 1.07 bits per heavy atom. The number of pyridine rings is 1. The Bertz CT molecular complexity index is 1090. The highest BCUT2D eigenvalue weighted by molar-refractivity contribution is 5.78. The lowest BCUT2D eigenvalue weighted by molar-refractivity contribution is 0.373. The molecule has 0 saturated carbocycles. The number of methoxy groups -OCH3 is 1. The van der Waals surface area contributed by atoms with Crippen LogP contribution in [0.25, 0.3) is 16.9 Å². The van der Waals surface area contributed by atoms with E-state index in [-0.39, 0.29) is 5.75 Å². The summed E-state index contributed by atoms with van der Waals surface area (Å²) in [4.78, 5) is 4.86. The van der Waals surface area contributed by atoms with Crippen LogP contribution in [0.1, 0.15) is 11.1 Å². The molecule has 0 aliphatic carbocycles. The first kappa shape index (κ1) is 17.0. The van der Waals surface area contributed by atoms with Crippen LogP contribution in [0.3, 0.4) is 0 Å². The molecule has 5 heteroatoms. The average Bonchev–Trinajstić information content (AvgIpc) is 3.07. The maximum absolute atomic E-state index is 9.92. The molecule has 27 heavy (non-hydrogen) atoms. The summed E-state index contributed by atoms with van der Waals surface area (Å²) >= 11 is 0. The minimum atomic E-state index is 0.111. The standard InChI is InChI=1S/C22H21N3O2/c1-15-7-6-12-25-21(15)24-20(17-10-11-18(26)19(13-17)27-2)22(25)23-14-16-8-4-3-5-9-16/h3-13,23,26H,14H2,1-2H3. The zero-order valence-electron chi connectivity index (χ0n) is 15.3. The quantitative estimate of drug-likeness (QED) is 0.545. The van der Waals surface area contributed by atoms with Crippen molar-refractivity contribution in [3.05, 3.63) is 78.0 Å². The van der Waals surface area contributed by atoms with Crippen LogP contribution in [0, 0.1) is 6.92 Å². The van der Waals surface area contributed by atoms with Gasteiger partial charge in [0, 0.05) is 18.3 Å². The van der Waals surface area contributed by atoms with E-state index in [1.807, 2.05) is 49.5 Å². The van der Waals surface area contributed by atoms with Gasteiger partial charge in [0.15, 0.2) is 11.5 Å². The molecule has 0 fully saturated rings. The fourth-order valence-electron chi connectivity index (χ4n) is 3.18. The summed E-state index contributed by atoms with van der Waals surface area (Å²) in [5.74, 6) is 1.44. The van der Waals surface area contributed by atoms with Crippen molar-refractivity contribution in [2.45, 2.75) is 13.5 Å². The number of aromatic hydroxyl groups is 1. The van der Waals surface area contributed by atoms with Crippen molar-refractivity contribution in [3.8, 4) is 22.8 Å². The lowest BCUT2D eigenvalue weighted by Crippen LogP contribution is -2.03. The zero-order chi connectivity index (χ0) is 18.8. The Morgan fingerprint density at radius 3 is 2.67 bits per heavy atom. The van der Waals surface area contributed by atoms with Crippen LogP contribution in [-0.4, -0.2) is 21.6 Å². The number of fused-ring (bicyclic) bond motifs is 1. The first-order valence-electron chi connectivity index (χ1n) is 8.80. The second-order valence-corrected chi connectivity index (χ2v) is 6.42. The van der Waals surface area contributed by atoms with Crippen molar-refractivity contribution in [1.29, 1.82) is 0 Å². The number of phenolic OH excluding ortho intramolecular Hbond substituents is 1. The number of hydrogen-bond acceptors (Lipinski definition) is 4. The number of phenols is 1. The van der Waals surface area contributed by atoms with E-state index in [2.05, 4.69) is 21.9 Å². The van der Waals surface area contributed by atoms with Crippen molar-refractivity contribution in [2.24, 2.45) is 0 Å². The molecule has 0 bridgehead atoms. The topological polar surface area (TPSA) is 58.8 Å². The third kappa shape index (κ3) is 3.19. The first-order valence-corrected chi connectivity index (χ1v) is 8.80. The van der Waals surface area contributed by atoms with Gasteiger partial charge in [0.2, 0.25) is 0 Å². The van der Waals surface area contributed by atoms with Gasteiger partial charge in [0.05, 0.1) is 7.11 Å². The number of nitrogens with one attached hydrogen (secondary N) is 1. The van der Waals surface area contributed by atoms with Crippen molar-refractivity contribution in [1.82, 2.24) is 9.38 Å². The number of benzene rings is 2. The van der Waals surface area contributed by atoms with Crippen LogP contribution in [-0.2, 0) is 6.54 Å². The summed E-state index contributed by atoms with van der Waals surface area (Å²) < 4.78 is 7.33. The van der Waals surface area contributed by atoms with Crippen molar-refractivity contribution in [3.63, 3.8) is 0 Å². The number of hydrogen-bond donors (Lipinski definition) is 2. The lowest BCUT2D eigenvalue weighted by Gasteiger charge is -2.10. The normalized spacial score (nSPS) is 10.9. The maximum atomic E-state index is 9.92. The van der Waals surface area contributed by atoms with E-state index < -0.39 is 0 Å². The molecular weight excluding hydrogens is 338 g/mol. The van der Waals surface area contributed by atoms with Gasteiger partial charge >= 0.3 is 0 Å². The number of aryl methyl sites for hydroxylation is 1. The summed E-state index contributed by atoms with van der Waals surface area (Å²) in [7, 11) is 1.54. The highest BCUT2D eigenvalue weighted by atomic mass is 16.5. The van der Waals surface area contributed by atoms with Crippen molar-refractivity contribution in [2.75, 3.05) is 12.4 Å².